The van der Waals surface area contributed by atoms with Crippen LogP contribution in [0.2, 0.25) is 0 Å². The Hall–Kier alpha value is -1.87. The van der Waals surface area contributed by atoms with Gasteiger partial charge in [-0.15, -0.1) is 0 Å². The molecule has 112 valence electrons. The SMILES string of the molecule is CNCc1ccc(-c2cc(C)ccc2C)n(C(C)C)c1=O. The van der Waals surface area contributed by atoms with Gasteiger partial charge in [-0.3, -0.25) is 4.79 Å². The Balaban J connectivity index is 2.72. The topological polar surface area (TPSA) is 34.0 Å². The zero-order chi connectivity index (χ0) is 15.6. The fraction of sp³-hybridized carbons (Fsp3) is 0.389. The summed E-state index contributed by atoms with van der Waals surface area (Å²) in [6, 6.07) is 10.5. The van der Waals surface area contributed by atoms with Gasteiger partial charge in [0.1, 0.15) is 0 Å². The Morgan fingerprint density at radius 2 is 1.86 bits per heavy atom. The van der Waals surface area contributed by atoms with Crippen LogP contribution in [0.25, 0.3) is 11.3 Å². The Morgan fingerprint density at radius 3 is 2.48 bits per heavy atom. The number of nitrogens with one attached hydrogen (secondary N) is 1. The molecule has 1 aromatic carbocycles. The fourth-order valence-corrected chi connectivity index (χ4v) is 2.66. The van der Waals surface area contributed by atoms with Crippen molar-refractivity contribution in [3.63, 3.8) is 0 Å². The van der Waals surface area contributed by atoms with Gasteiger partial charge in [0.25, 0.3) is 5.56 Å². The number of hydrogen-bond acceptors (Lipinski definition) is 2. The summed E-state index contributed by atoms with van der Waals surface area (Å²) < 4.78 is 1.90. The molecular formula is C18H24N2O. The molecule has 2 aromatic rings. The molecule has 0 saturated carbocycles. The van der Waals surface area contributed by atoms with Crippen LogP contribution in [-0.2, 0) is 6.54 Å². The number of aryl methyl sites for hydroxylation is 2. The fourth-order valence-electron chi connectivity index (χ4n) is 2.66. The van der Waals surface area contributed by atoms with Crippen molar-refractivity contribution in [2.24, 2.45) is 0 Å². The van der Waals surface area contributed by atoms with E-state index in [-0.39, 0.29) is 11.6 Å². The summed E-state index contributed by atoms with van der Waals surface area (Å²) in [6.07, 6.45) is 0. The highest BCUT2D eigenvalue weighted by Crippen LogP contribution is 2.26. The first kappa shape index (κ1) is 15.5. The molecule has 0 amide bonds. The molecule has 1 N–H and O–H groups in total. The highest BCUT2D eigenvalue weighted by molar-refractivity contribution is 5.65. The maximum absolute atomic E-state index is 12.7. The van der Waals surface area contributed by atoms with E-state index < -0.39 is 0 Å². The molecule has 0 atom stereocenters. The molecule has 0 unspecified atom stereocenters. The molecule has 0 radical (unpaired) electrons. The van der Waals surface area contributed by atoms with Crippen molar-refractivity contribution in [3.05, 3.63) is 57.4 Å². The first-order chi connectivity index (χ1) is 9.95. The van der Waals surface area contributed by atoms with Crippen molar-refractivity contribution in [1.82, 2.24) is 9.88 Å². The number of aromatic nitrogens is 1. The smallest absolute Gasteiger partial charge is 0.255 e. The predicted octanol–water partition coefficient (Wildman–Crippen LogP) is 3.43. The largest absolute Gasteiger partial charge is 0.315 e. The van der Waals surface area contributed by atoms with E-state index in [1.54, 1.807) is 0 Å². The average Bonchev–Trinajstić information content (AvgIpc) is 2.43. The van der Waals surface area contributed by atoms with Crippen LogP contribution in [0, 0.1) is 13.8 Å². The quantitative estimate of drug-likeness (QED) is 0.933. The van der Waals surface area contributed by atoms with E-state index in [0.29, 0.717) is 6.54 Å². The third-order valence-corrected chi connectivity index (χ3v) is 3.75. The van der Waals surface area contributed by atoms with Crippen LogP contribution >= 0.6 is 0 Å². The molecule has 1 aromatic heterocycles. The van der Waals surface area contributed by atoms with Crippen molar-refractivity contribution in [3.8, 4) is 11.3 Å². The highest BCUT2D eigenvalue weighted by Gasteiger charge is 2.14. The molecule has 0 aliphatic rings. The molecule has 0 spiro atoms. The standard InChI is InChI=1S/C18H24N2O/c1-12(2)20-17(9-8-15(11-19-5)18(20)21)16-10-13(3)6-7-14(16)4/h6-10,12,19H,11H2,1-5H3. The molecule has 3 heteroatoms. The van der Waals surface area contributed by atoms with Gasteiger partial charge in [0.05, 0.1) is 5.69 Å². The zero-order valence-electron chi connectivity index (χ0n) is 13.5. The van der Waals surface area contributed by atoms with Crippen LogP contribution in [0.5, 0.6) is 0 Å². The number of hydrogen-bond donors (Lipinski definition) is 1. The summed E-state index contributed by atoms with van der Waals surface area (Å²) in [5.74, 6) is 0. The van der Waals surface area contributed by atoms with Crippen LogP contribution in [0.1, 0.15) is 36.6 Å². The molecule has 3 nitrogen and oxygen atoms in total. The van der Waals surface area contributed by atoms with Crippen molar-refractivity contribution in [2.45, 2.75) is 40.3 Å². The van der Waals surface area contributed by atoms with Gasteiger partial charge in [0.15, 0.2) is 0 Å². The van der Waals surface area contributed by atoms with E-state index >= 15 is 0 Å². The molecular weight excluding hydrogens is 260 g/mol. The Labute approximate surface area is 126 Å². The molecule has 0 saturated heterocycles. The highest BCUT2D eigenvalue weighted by atomic mass is 16.1. The summed E-state index contributed by atoms with van der Waals surface area (Å²) in [5.41, 5.74) is 5.43. The molecule has 0 bridgehead atoms. The minimum atomic E-state index is 0.0951. The summed E-state index contributed by atoms with van der Waals surface area (Å²) >= 11 is 0. The van der Waals surface area contributed by atoms with Gasteiger partial charge in [-0.1, -0.05) is 23.8 Å². The molecule has 1 heterocycles. The summed E-state index contributed by atoms with van der Waals surface area (Å²) in [5, 5.41) is 3.06. The van der Waals surface area contributed by atoms with Gasteiger partial charge in [0, 0.05) is 23.7 Å². The minimum absolute atomic E-state index is 0.0951. The molecule has 2 rings (SSSR count). The van der Waals surface area contributed by atoms with Crippen molar-refractivity contribution < 1.29 is 0 Å². The third-order valence-electron chi connectivity index (χ3n) is 3.75. The van der Waals surface area contributed by atoms with E-state index in [0.717, 1.165) is 16.8 Å². The monoisotopic (exact) mass is 284 g/mol. The first-order valence-corrected chi connectivity index (χ1v) is 7.42. The van der Waals surface area contributed by atoms with Crippen LogP contribution in [0.3, 0.4) is 0 Å². The third kappa shape index (κ3) is 3.08. The minimum Gasteiger partial charge on any atom is -0.315 e. The number of pyridine rings is 1. The first-order valence-electron chi connectivity index (χ1n) is 7.42. The van der Waals surface area contributed by atoms with Crippen LogP contribution < -0.4 is 10.9 Å². The predicted molar refractivity (Wildman–Crippen MR) is 88.8 cm³/mol. The van der Waals surface area contributed by atoms with E-state index in [1.165, 1.54) is 11.1 Å². The van der Waals surface area contributed by atoms with Crippen LogP contribution in [0.15, 0.2) is 35.1 Å². The molecule has 0 aliphatic carbocycles. The van der Waals surface area contributed by atoms with Crippen molar-refractivity contribution in [2.75, 3.05) is 7.05 Å². The lowest BCUT2D eigenvalue weighted by Crippen LogP contribution is -2.28. The lowest BCUT2D eigenvalue weighted by molar-refractivity contribution is 0.577. The average molecular weight is 284 g/mol. The molecule has 0 fully saturated rings. The van der Waals surface area contributed by atoms with E-state index in [4.69, 9.17) is 0 Å². The van der Waals surface area contributed by atoms with E-state index in [9.17, 15) is 4.79 Å². The maximum atomic E-state index is 12.7. The second kappa shape index (κ2) is 6.27. The van der Waals surface area contributed by atoms with Gasteiger partial charge in [0.2, 0.25) is 0 Å². The normalized spacial score (nSPS) is 11.1. The molecule has 0 aliphatic heterocycles. The number of benzene rings is 1. The second-order valence-corrected chi connectivity index (χ2v) is 5.86. The van der Waals surface area contributed by atoms with Gasteiger partial charge < -0.3 is 9.88 Å². The number of nitrogens with zero attached hydrogens (tertiary/aromatic N) is 1. The van der Waals surface area contributed by atoms with Crippen LogP contribution in [0.4, 0.5) is 0 Å². The van der Waals surface area contributed by atoms with E-state index in [1.807, 2.05) is 17.7 Å². The van der Waals surface area contributed by atoms with Crippen molar-refractivity contribution in [1.29, 1.82) is 0 Å². The summed E-state index contributed by atoms with van der Waals surface area (Å²) in [7, 11) is 1.86. The number of rotatable bonds is 4. The van der Waals surface area contributed by atoms with Gasteiger partial charge in [-0.05, 0) is 52.4 Å². The Kier molecular flexibility index (Phi) is 4.63. The lowest BCUT2D eigenvalue weighted by Gasteiger charge is -2.19. The van der Waals surface area contributed by atoms with Gasteiger partial charge in [-0.25, -0.2) is 0 Å². The zero-order valence-corrected chi connectivity index (χ0v) is 13.5. The van der Waals surface area contributed by atoms with Crippen molar-refractivity contribution >= 4 is 0 Å². The van der Waals surface area contributed by atoms with Gasteiger partial charge in [-0.2, -0.15) is 0 Å². The second-order valence-electron chi connectivity index (χ2n) is 5.86. The maximum Gasteiger partial charge on any atom is 0.255 e. The summed E-state index contributed by atoms with van der Waals surface area (Å²) in [4.78, 5) is 12.7. The van der Waals surface area contributed by atoms with Crippen LogP contribution in [-0.4, -0.2) is 11.6 Å². The lowest BCUT2D eigenvalue weighted by atomic mass is 10.0. The van der Waals surface area contributed by atoms with E-state index in [2.05, 4.69) is 57.3 Å². The molecule has 21 heavy (non-hydrogen) atoms. The van der Waals surface area contributed by atoms with Gasteiger partial charge >= 0.3 is 0 Å². The summed E-state index contributed by atoms with van der Waals surface area (Å²) in [6.45, 7) is 8.87. The Morgan fingerprint density at radius 1 is 1.14 bits per heavy atom. The Bertz CT molecular complexity index is 699.